The second-order valence-electron chi connectivity index (χ2n) is 14.7. The molecule has 0 radical (unpaired) electrons. The van der Waals surface area contributed by atoms with E-state index in [1.54, 1.807) is 12.5 Å². The van der Waals surface area contributed by atoms with E-state index < -0.39 is 5.60 Å². The van der Waals surface area contributed by atoms with Crippen molar-refractivity contribution in [3.8, 4) is 0 Å². The van der Waals surface area contributed by atoms with Crippen LogP contribution in [0.15, 0.2) is 11.6 Å². The van der Waals surface area contributed by atoms with Gasteiger partial charge in [0.05, 0.1) is 5.60 Å². The van der Waals surface area contributed by atoms with Gasteiger partial charge in [0.15, 0.2) is 0 Å². The Labute approximate surface area is 208 Å². The fourth-order valence-electron chi connectivity index (χ4n) is 10.9. The van der Waals surface area contributed by atoms with E-state index in [2.05, 4.69) is 54.5 Å². The topological polar surface area (TPSA) is 46.5 Å². The molecule has 5 rings (SSSR count). The first-order valence-corrected chi connectivity index (χ1v) is 14.3. The van der Waals surface area contributed by atoms with Gasteiger partial charge in [-0.1, -0.05) is 60.1 Å². The van der Waals surface area contributed by atoms with Crippen molar-refractivity contribution in [3.05, 3.63) is 11.6 Å². The third-order valence-corrected chi connectivity index (χ3v) is 13.2. The molecule has 1 N–H and O–H groups in total. The highest BCUT2D eigenvalue weighted by atomic mass is 16.5. The fraction of sp³-hybridized carbons (Fsp3) is 0.903. The zero-order valence-electron chi connectivity index (χ0n) is 23.2. The molecular formula is C31H50O3. The number of fused-ring (bicyclic) bond motifs is 7. The van der Waals surface area contributed by atoms with Crippen LogP contribution in [0, 0.1) is 51.2 Å². The van der Waals surface area contributed by atoms with Crippen molar-refractivity contribution >= 4 is 5.97 Å². The van der Waals surface area contributed by atoms with E-state index in [1.165, 1.54) is 12.8 Å². The van der Waals surface area contributed by atoms with Gasteiger partial charge in [0, 0.05) is 18.3 Å². The van der Waals surface area contributed by atoms with E-state index in [0.29, 0.717) is 29.6 Å². The van der Waals surface area contributed by atoms with Gasteiger partial charge in [-0.2, -0.15) is 0 Å². The summed E-state index contributed by atoms with van der Waals surface area (Å²) in [5.74, 6) is 2.65. The molecule has 0 unspecified atom stereocenters. The lowest BCUT2D eigenvalue weighted by Gasteiger charge is -2.71. The summed E-state index contributed by atoms with van der Waals surface area (Å²) in [5, 5.41) is 11.8. The van der Waals surface area contributed by atoms with Crippen molar-refractivity contribution in [2.24, 2.45) is 51.2 Å². The van der Waals surface area contributed by atoms with Crippen LogP contribution in [-0.2, 0) is 9.53 Å². The van der Waals surface area contributed by atoms with Gasteiger partial charge in [-0.3, -0.25) is 4.79 Å². The monoisotopic (exact) mass is 470 g/mol. The minimum absolute atomic E-state index is 0.00499. The zero-order valence-corrected chi connectivity index (χ0v) is 23.2. The maximum absolute atomic E-state index is 11.9. The van der Waals surface area contributed by atoms with E-state index in [0.717, 1.165) is 44.9 Å². The Morgan fingerprint density at radius 1 is 0.941 bits per heavy atom. The zero-order chi connectivity index (χ0) is 24.9. The molecule has 5 aliphatic carbocycles. The standard InChI is InChI=1S/C31H50O3/c1-19-11-16-31(33)18-17-29(7)22(26(31)20(19)2)9-10-24-28(6)14-13-25(34-21(3)32)27(4,5)23(28)12-15-30(24,29)8/h9,19-20,23-26,33H,10-18H2,1-8H3/t19-,20+,23+,24-,25+,26+,28+,29-,30-,31+/m1/s1. The molecule has 0 aromatic carbocycles. The highest BCUT2D eigenvalue weighted by Crippen LogP contribution is 2.74. The lowest BCUT2D eigenvalue weighted by molar-refractivity contribution is -0.216. The summed E-state index contributed by atoms with van der Waals surface area (Å²) >= 11 is 0. The number of rotatable bonds is 1. The average Bonchev–Trinajstić information content (AvgIpc) is 2.74. The van der Waals surface area contributed by atoms with Crippen molar-refractivity contribution < 1.29 is 14.6 Å². The molecule has 10 atom stereocenters. The third-order valence-electron chi connectivity index (χ3n) is 13.2. The van der Waals surface area contributed by atoms with Gasteiger partial charge in [-0.25, -0.2) is 0 Å². The van der Waals surface area contributed by atoms with Gasteiger partial charge in [-0.05, 0) is 97.7 Å². The maximum atomic E-state index is 11.9. The van der Waals surface area contributed by atoms with Crippen LogP contribution in [0.2, 0.25) is 0 Å². The maximum Gasteiger partial charge on any atom is 0.302 e. The fourth-order valence-corrected chi connectivity index (χ4v) is 10.9. The Morgan fingerprint density at radius 3 is 2.32 bits per heavy atom. The average molecular weight is 471 g/mol. The summed E-state index contributed by atoms with van der Waals surface area (Å²) in [7, 11) is 0. The first kappa shape index (κ1) is 24.8. The first-order chi connectivity index (χ1) is 15.7. The van der Waals surface area contributed by atoms with Crippen LogP contribution >= 0.6 is 0 Å². The van der Waals surface area contributed by atoms with Crippen LogP contribution in [0.5, 0.6) is 0 Å². The number of allylic oxidation sites excluding steroid dienone is 1. The summed E-state index contributed by atoms with van der Waals surface area (Å²) in [6.07, 6.45) is 12.6. The molecule has 4 fully saturated rings. The van der Waals surface area contributed by atoms with Crippen LogP contribution in [-0.4, -0.2) is 22.8 Å². The van der Waals surface area contributed by atoms with Gasteiger partial charge < -0.3 is 9.84 Å². The van der Waals surface area contributed by atoms with Gasteiger partial charge in [-0.15, -0.1) is 0 Å². The number of carbonyl (C=O) groups is 1. The molecule has 192 valence electrons. The van der Waals surface area contributed by atoms with Gasteiger partial charge in [0.1, 0.15) is 6.10 Å². The van der Waals surface area contributed by atoms with Gasteiger partial charge in [0.2, 0.25) is 0 Å². The molecule has 5 aliphatic rings. The Balaban J connectivity index is 1.54. The third kappa shape index (κ3) is 3.07. The second kappa shape index (κ2) is 7.59. The Hall–Kier alpha value is -0.830. The second-order valence-corrected chi connectivity index (χ2v) is 14.7. The van der Waals surface area contributed by atoms with Crippen LogP contribution in [0.4, 0.5) is 0 Å². The number of hydrogen-bond donors (Lipinski definition) is 1. The van der Waals surface area contributed by atoms with Crippen molar-refractivity contribution in [1.82, 2.24) is 0 Å². The van der Waals surface area contributed by atoms with Crippen molar-refractivity contribution in [2.75, 3.05) is 0 Å². The predicted molar refractivity (Wildman–Crippen MR) is 137 cm³/mol. The number of carbonyl (C=O) groups excluding carboxylic acids is 1. The minimum atomic E-state index is -0.494. The van der Waals surface area contributed by atoms with Crippen molar-refractivity contribution in [1.29, 1.82) is 0 Å². The smallest absolute Gasteiger partial charge is 0.302 e. The van der Waals surface area contributed by atoms with Crippen LogP contribution in [0.25, 0.3) is 0 Å². The molecule has 3 heteroatoms. The van der Waals surface area contributed by atoms with E-state index in [1.807, 2.05) is 0 Å². The Kier molecular flexibility index (Phi) is 5.55. The molecule has 0 amide bonds. The van der Waals surface area contributed by atoms with E-state index >= 15 is 0 Å². The van der Waals surface area contributed by atoms with Crippen LogP contribution in [0.1, 0.15) is 113 Å². The lowest BCUT2D eigenvalue weighted by Crippen LogP contribution is -2.65. The summed E-state index contributed by atoms with van der Waals surface area (Å²) in [4.78, 5) is 11.9. The first-order valence-electron chi connectivity index (χ1n) is 14.3. The molecule has 0 spiro atoms. The SMILES string of the molecule is CC(=O)O[C@H]1CC[C@]2(C)[C@H]3CC=C4[C@@H]5[C@@H](C)[C@H](C)CC[C@]5(O)CC[C@@]4(C)[C@]3(C)CC[C@H]2C1(C)C. The molecule has 3 nitrogen and oxygen atoms in total. The highest BCUT2D eigenvalue weighted by molar-refractivity contribution is 5.66. The quantitative estimate of drug-likeness (QED) is 0.322. The predicted octanol–water partition coefficient (Wildman–Crippen LogP) is 7.32. The number of ether oxygens (including phenoxy) is 1. The largest absolute Gasteiger partial charge is 0.462 e. The molecule has 0 aromatic rings. The summed E-state index contributed by atoms with van der Waals surface area (Å²) in [6, 6.07) is 0. The van der Waals surface area contributed by atoms with Crippen LogP contribution < -0.4 is 0 Å². The van der Waals surface area contributed by atoms with Crippen molar-refractivity contribution in [2.45, 2.75) is 125 Å². The normalized spacial score (nSPS) is 54.0. The molecule has 0 saturated heterocycles. The summed E-state index contributed by atoms with van der Waals surface area (Å²) < 4.78 is 5.88. The molecule has 0 aliphatic heterocycles. The number of aliphatic hydroxyl groups is 1. The van der Waals surface area contributed by atoms with E-state index in [-0.39, 0.29) is 33.7 Å². The van der Waals surface area contributed by atoms with Crippen LogP contribution in [0.3, 0.4) is 0 Å². The minimum Gasteiger partial charge on any atom is -0.462 e. The molecule has 0 heterocycles. The van der Waals surface area contributed by atoms with E-state index in [4.69, 9.17) is 4.74 Å². The molecular weight excluding hydrogens is 420 g/mol. The summed E-state index contributed by atoms with van der Waals surface area (Å²) in [5.41, 5.74) is 1.82. The van der Waals surface area contributed by atoms with Gasteiger partial charge >= 0.3 is 5.97 Å². The highest BCUT2D eigenvalue weighted by Gasteiger charge is 2.68. The molecule has 4 saturated carbocycles. The molecule has 34 heavy (non-hydrogen) atoms. The van der Waals surface area contributed by atoms with E-state index in [9.17, 15) is 9.90 Å². The Morgan fingerprint density at radius 2 is 1.65 bits per heavy atom. The molecule has 0 aromatic heterocycles. The number of hydrogen-bond acceptors (Lipinski definition) is 3. The Bertz CT molecular complexity index is 889. The van der Waals surface area contributed by atoms with Gasteiger partial charge in [0.25, 0.3) is 0 Å². The number of esters is 1. The van der Waals surface area contributed by atoms with Crippen molar-refractivity contribution in [3.63, 3.8) is 0 Å². The lowest BCUT2D eigenvalue weighted by atomic mass is 9.34. The molecule has 0 bridgehead atoms. The summed E-state index contributed by atoms with van der Waals surface area (Å²) in [6.45, 7) is 18.9.